The van der Waals surface area contributed by atoms with Crippen molar-refractivity contribution in [1.29, 1.82) is 5.26 Å². The molecule has 4 rings (SSSR count). The summed E-state index contributed by atoms with van der Waals surface area (Å²) in [6.07, 6.45) is 0. The zero-order valence-electron chi connectivity index (χ0n) is 15.5. The number of carbonyl (C=O) groups excluding carboxylic acids is 1. The summed E-state index contributed by atoms with van der Waals surface area (Å²) in [4.78, 5) is 40.9. The van der Waals surface area contributed by atoms with E-state index in [-0.39, 0.29) is 33.7 Å². The highest BCUT2D eigenvalue weighted by molar-refractivity contribution is 6.12. The number of H-pyrrole nitrogens is 1. The minimum atomic E-state index is -0.723. The number of aryl methyl sites for hydroxylation is 1. The van der Waals surface area contributed by atoms with E-state index in [4.69, 9.17) is 9.68 Å². The molecule has 0 aliphatic heterocycles. The molecule has 0 atom stereocenters. The van der Waals surface area contributed by atoms with Gasteiger partial charge in [0, 0.05) is 5.69 Å². The first-order chi connectivity index (χ1) is 14.4. The normalized spacial score (nSPS) is 10.7. The summed E-state index contributed by atoms with van der Waals surface area (Å²) in [5, 5.41) is 11.4. The number of nitrogens with zero attached hydrogens (tertiary/aromatic N) is 2. The number of rotatable bonds is 3. The molecule has 0 saturated heterocycles. The van der Waals surface area contributed by atoms with Crippen LogP contribution in [0.25, 0.3) is 16.8 Å². The Hall–Kier alpha value is -4.45. The molecular weight excluding hydrogens is 391 g/mol. The lowest BCUT2D eigenvalue weighted by Crippen LogP contribution is -2.34. The number of amides is 1. The van der Waals surface area contributed by atoms with Crippen LogP contribution in [-0.4, -0.2) is 15.5 Å². The summed E-state index contributed by atoms with van der Waals surface area (Å²) in [7, 11) is 0. The fourth-order valence-electron chi connectivity index (χ4n) is 3.16. The number of furan rings is 1. The average molecular weight is 404 g/mol. The lowest BCUT2D eigenvalue weighted by Gasteiger charge is -2.07. The molecule has 2 N–H and O–H groups in total. The molecule has 0 radical (unpaired) electrons. The number of anilines is 1. The monoisotopic (exact) mass is 404 g/mol. The zero-order valence-corrected chi connectivity index (χ0v) is 15.5. The topological polar surface area (TPSA) is 121 Å². The molecule has 1 amide bonds. The van der Waals surface area contributed by atoms with Gasteiger partial charge in [-0.25, -0.2) is 13.8 Å². The van der Waals surface area contributed by atoms with Crippen molar-refractivity contribution in [2.75, 3.05) is 5.32 Å². The Labute approximate surface area is 167 Å². The van der Waals surface area contributed by atoms with Crippen LogP contribution in [0.5, 0.6) is 0 Å². The summed E-state index contributed by atoms with van der Waals surface area (Å²) in [6, 6.07) is 13.4. The minimum absolute atomic E-state index is 0.0706. The fraction of sp³-hybridized carbons (Fsp3) is 0.0476. The van der Waals surface area contributed by atoms with E-state index in [0.717, 1.165) is 10.6 Å². The molecule has 30 heavy (non-hydrogen) atoms. The van der Waals surface area contributed by atoms with Crippen molar-refractivity contribution in [3.8, 4) is 11.8 Å². The Bertz CT molecular complexity index is 1460. The second kappa shape index (κ2) is 7.18. The van der Waals surface area contributed by atoms with Gasteiger partial charge in [-0.05, 0) is 37.3 Å². The van der Waals surface area contributed by atoms with Crippen LogP contribution in [0.2, 0.25) is 0 Å². The van der Waals surface area contributed by atoms with Gasteiger partial charge in [-0.3, -0.25) is 14.6 Å². The Morgan fingerprint density at radius 1 is 1.20 bits per heavy atom. The number of nitrogens with one attached hydrogen (secondary N) is 2. The Kier molecular flexibility index (Phi) is 4.52. The van der Waals surface area contributed by atoms with E-state index in [0.29, 0.717) is 5.69 Å². The fourth-order valence-corrected chi connectivity index (χ4v) is 3.16. The number of aromatic amines is 1. The number of nitriles is 1. The van der Waals surface area contributed by atoms with Gasteiger partial charge in [0.1, 0.15) is 23.0 Å². The smallest absolute Gasteiger partial charge is 0.335 e. The van der Waals surface area contributed by atoms with Gasteiger partial charge >= 0.3 is 5.69 Å². The first kappa shape index (κ1) is 18.9. The number of para-hydroxylation sites is 1. The van der Waals surface area contributed by atoms with Crippen molar-refractivity contribution in [2.24, 2.45) is 0 Å². The van der Waals surface area contributed by atoms with Crippen LogP contribution in [0.1, 0.15) is 21.7 Å². The minimum Gasteiger partial charge on any atom is -0.444 e. The van der Waals surface area contributed by atoms with Crippen LogP contribution in [0.4, 0.5) is 10.1 Å². The standard InChI is InChI=1S/C21H13FN4O4/c1-11-16(18(27)24-13-7-8-15(22)12(9-13)10-23)17-19(30-11)25-21(29)26(20(17)28)14-5-3-2-4-6-14/h2-9H,1H3,(H,24,27)(H,25,29). The lowest BCUT2D eigenvalue weighted by atomic mass is 10.1. The second-order valence-corrected chi connectivity index (χ2v) is 6.40. The highest BCUT2D eigenvalue weighted by Gasteiger charge is 2.24. The van der Waals surface area contributed by atoms with Gasteiger partial charge in [0.25, 0.3) is 11.5 Å². The van der Waals surface area contributed by atoms with Crippen LogP contribution >= 0.6 is 0 Å². The second-order valence-electron chi connectivity index (χ2n) is 6.40. The highest BCUT2D eigenvalue weighted by atomic mass is 19.1. The average Bonchev–Trinajstić information content (AvgIpc) is 3.06. The molecule has 0 unspecified atom stereocenters. The molecular formula is C21H13FN4O4. The summed E-state index contributed by atoms with van der Waals surface area (Å²) < 4.78 is 19.9. The number of hydrogen-bond acceptors (Lipinski definition) is 5. The lowest BCUT2D eigenvalue weighted by molar-refractivity contribution is 0.102. The maximum Gasteiger partial charge on any atom is 0.335 e. The number of aromatic nitrogens is 2. The van der Waals surface area contributed by atoms with Gasteiger partial charge < -0.3 is 9.73 Å². The molecule has 0 fully saturated rings. The predicted molar refractivity (Wildman–Crippen MR) is 106 cm³/mol. The van der Waals surface area contributed by atoms with Gasteiger partial charge in [-0.15, -0.1) is 0 Å². The molecule has 148 valence electrons. The summed E-state index contributed by atoms with van der Waals surface area (Å²) in [5.74, 6) is -1.31. The van der Waals surface area contributed by atoms with Crippen LogP contribution in [-0.2, 0) is 0 Å². The van der Waals surface area contributed by atoms with Crippen molar-refractivity contribution >= 4 is 22.7 Å². The van der Waals surface area contributed by atoms with E-state index < -0.39 is 23.0 Å². The van der Waals surface area contributed by atoms with Gasteiger partial charge in [0.2, 0.25) is 5.71 Å². The maximum absolute atomic E-state index is 13.5. The van der Waals surface area contributed by atoms with E-state index in [1.54, 1.807) is 36.4 Å². The SMILES string of the molecule is Cc1oc2[nH]c(=O)n(-c3ccccc3)c(=O)c2c1C(=O)Nc1ccc(F)c(C#N)c1. The predicted octanol–water partition coefficient (Wildman–Crippen LogP) is 2.84. The highest BCUT2D eigenvalue weighted by Crippen LogP contribution is 2.23. The summed E-state index contributed by atoms with van der Waals surface area (Å²) in [6.45, 7) is 1.48. The van der Waals surface area contributed by atoms with Crippen molar-refractivity contribution in [2.45, 2.75) is 6.92 Å². The first-order valence-electron chi connectivity index (χ1n) is 8.75. The van der Waals surface area contributed by atoms with E-state index in [1.807, 2.05) is 0 Å². The molecule has 0 aliphatic carbocycles. The molecule has 0 bridgehead atoms. The molecule has 2 aromatic carbocycles. The Morgan fingerprint density at radius 2 is 1.93 bits per heavy atom. The van der Waals surface area contributed by atoms with Crippen molar-refractivity contribution in [3.05, 3.63) is 92.1 Å². The number of fused-ring (bicyclic) bond motifs is 1. The summed E-state index contributed by atoms with van der Waals surface area (Å²) >= 11 is 0. The van der Waals surface area contributed by atoms with Gasteiger partial charge in [0.15, 0.2) is 0 Å². The van der Waals surface area contributed by atoms with Gasteiger partial charge in [-0.2, -0.15) is 5.26 Å². The van der Waals surface area contributed by atoms with E-state index >= 15 is 0 Å². The number of hydrogen-bond donors (Lipinski definition) is 2. The van der Waals surface area contributed by atoms with E-state index in [2.05, 4.69) is 10.3 Å². The van der Waals surface area contributed by atoms with Crippen molar-refractivity contribution < 1.29 is 13.6 Å². The summed E-state index contributed by atoms with van der Waals surface area (Å²) in [5.41, 5.74) is -1.38. The van der Waals surface area contributed by atoms with Gasteiger partial charge in [0.05, 0.1) is 16.8 Å². The van der Waals surface area contributed by atoms with Crippen molar-refractivity contribution in [1.82, 2.24) is 9.55 Å². The molecule has 4 aromatic rings. The zero-order chi connectivity index (χ0) is 21.4. The first-order valence-corrected chi connectivity index (χ1v) is 8.75. The molecule has 0 spiro atoms. The van der Waals surface area contributed by atoms with Crippen molar-refractivity contribution in [3.63, 3.8) is 0 Å². The quantitative estimate of drug-likeness (QED) is 0.544. The number of carbonyl (C=O) groups is 1. The van der Waals surface area contributed by atoms with E-state index in [1.165, 1.54) is 19.1 Å². The van der Waals surface area contributed by atoms with Crippen LogP contribution < -0.4 is 16.6 Å². The molecule has 0 aliphatic rings. The third kappa shape index (κ3) is 3.06. The third-order valence-corrected chi connectivity index (χ3v) is 4.51. The maximum atomic E-state index is 13.5. The third-order valence-electron chi connectivity index (χ3n) is 4.51. The van der Waals surface area contributed by atoms with Crippen LogP contribution in [0.15, 0.2) is 62.5 Å². The van der Waals surface area contributed by atoms with Gasteiger partial charge in [-0.1, -0.05) is 18.2 Å². The van der Waals surface area contributed by atoms with Crippen LogP contribution in [0, 0.1) is 24.1 Å². The Balaban J connectivity index is 1.86. The van der Waals surface area contributed by atoms with E-state index in [9.17, 15) is 18.8 Å². The van der Waals surface area contributed by atoms with Crippen LogP contribution in [0.3, 0.4) is 0 Å². The Morgan fingerprint density at radius 3 is 2.63 bits per heavy atom. The molecule has 0 saturated carbocycles. The largest absolute Gasteiger partial charge is 0.444 e. The molecule has 9 heteroatoms. The molecule has 2 heterocycles. The molecule has 2 aromatic heterocycles. The number of benzene rings is 2. The molecule has 8 nitrogen and oxygen atoms in total. The number of halogens is 1.